The van der Waals surface area contributed by atoms with Crippen LogP contribution in [0.2, 0.25) is 0 Å². The molecular weight excluding hydrogens is 262 g/mol. The molecule has 1 atom stereocenters. The predicted octanol–water partition coefficient (Wildman–Crippen LogP) is 3.12. The van der Waals surface area contributed by atoms with Gasteiger partial charge in [-0.1, -0.05) is 48.5 Å². The zero-order valence-corrected chi connectivity index (χ0v) is 12.3. The molecule has 1 aliphatic rings. The van der Waals surface area contributed by atoms with Crippen LogP contribution in [0.5, 0.6) is 0 Å². The summed E-state index contributed by atoms with van der Waals surface area (Å²) in [6.45, 7) is 2.63. The van der Waals surface area contributed by atoms with Gasteiger partial charge in [-0.2, -0.15) is 0 Å². The molecule has 0 N–H and O–H groups in total. The van der Waals surface area contributed by atoms with E-state index in [0.717, 1.165) is 17.1 Å². The highest BCUT2D eigenvalue weighted by Gasteiger charge is 2.33. The van der Waals surface area contributed by atoms with Crippen molar-refractivity contribution in [2.24, 2.45) is 5.10 Å². The van der Waals surface area contributed by atoms with Crippen LogP contribution in [-0.4, -0.2) is 30.7 Å². The van der Waals surface area contributed by atoms with Crippen LogP contribution in [-0.2, 0) is 4.74 Å². The summed E-state index contributed by atoms with van der Waals surface area (Å²) < 4.78 is 5.87. The number of anilines is 1. The summed E-state index contributed by atoms with van der Waals surface area (Å²) in [5.41, 5.74) is 2.11. The van der Waals surface area contributed by atoms with Crippen LogP contribution in [0, 0.1) is 0 Å². The minimum Gasteiger partial charge on any atom is -0.339 e. The van der Waals surface area contributed by atoms with Crippen molar-refractivity contribution in [2.45, 2.75) is 13.3 Å². The van der Waals surface area contributed by atoms with Crippen molar-refractivity contribution in [1.29, 1.82) is 0 Å². The molecule has 1 heterocycles. The Balaban J connectivity index is 1.98. The van der Waals surface area contributed by atoms with Gasteiger partial charge in [-0.3, -0.25) is 0 Å². The number of benzene rings is 2. The van der Waals surface area contributed by atoms with Gasteiger partial charge in [0.05, 0.1) is 5.69 Å². The van der Waals surface area contributed by atoms with E-state index in [4.69, 9.17) is 9.84 Å². The van der Waals surface area contributed by atoms with Crippen molar-refractivity contribution < 1.29 is 4.74 Å². The summed E-state index contributed by atoms with van der Waals surface area (Å²) in [5.74, 6) is 0.915. The molecule has 0 radical (unpaired) electrons. The number of hydrazone groups is 1. The molecule has 3 rings (SSSR count). The van der Waals surface area contributed by atoms with E-state index in [2.05, 4.69) is 17.0 Å². The predicted molar refractivity (Wildman–Crippen MR) is 85.1 cm³/mol. The molecule has 4 nitrogen and oxygen atoms in total. The van der Waals surface area contributed by atoms with E-state index in [1.54, 1.807) is 0 Å². The van der Waals surface area contributed by atoms with Crippen LogP contribution in [0.15, 0.2) is 65.8 Å². The quantitative estimate of drug-likeness (QED) is 0.862. The summed E-state index contributed by atoms with van der Waals surface area (Å²) in [6, 6.07) is 20.3. The van der Waals surface area contributed by atoms with Gasteiger partial charge in [0.2, 0.25) is 6.35 Å². The molecule has 0 bridgehead atoms. The fourth-order valence-electron chi connectivity index (χ4n) is 2.44. The summed E-state index contributed by atoms with van der Waals surface area (Å²) in [5, 5.41) is 6.68. The lowest BCUT2D eigenvalue weighted by atomic mass is 10.2. The van der Waals surface area contributed by atoms with Crippen molar-refractivity contribution in [1.82, 2.24) is 4.90 Å². The fourth-order valence-corrected chi connectivity index (χ4v) is 2.44. The highest BCUT2D eigenvalue weighted by Crippen LogP contribution is 2.26. The Bertz CT molecular complexity index is 612. The van der Waals surface area contributed by atoms with E-state index in [9.17, 15) is 0 Å². The second-order valence-electron chi connectivity index (χ2n) is 4.86. The van der Waals surface area contributed by atoms with Gasteiger partial charge in [-0.15, -0.1) is 5.10 Å². The Hall–Kier alpha value is -2.33. The molecule has 2 aromatic carbocycles. The number of nitrogens with zero attached hydrogens (tertiary/aromatic N) is 3. The molecule has 1 unspecified atom stereocenters. The monoisotopic (exact) mass is 281 g/mol. The largest absolute Gasteiger partial charge is 0.339 e. The molecule has 4 heteroatoms. The van der Waals surface area contributed by atoms with Gasteiger partial charge in [0, 0.05) is 19.2 Å². The average molecular weight is 281 g/mol. The van der Waals surface area contributed by atoms with Crippen LogP contribution in [0.3, 0.4) is 0 Å². The lowest BCUT2D eigenvalue weighted by molar-refractivity contribution is -0.000827. The first-order chi connectivity index (χ1) is 10.3. The topological polar surface area (TPSA) is 28.1 Å². The number of para-hydroxylation sites is 1. The molecule has 1 aliphatic heterocycles. The number of ether oxygens (including phenoxy) is 1. The standard InChI is InChI=1S/C17H19N3O/c1-3-21-17-19(2)16(14-10-6-4-7-11-14)18-20(17)15-12-8-5-9-13-15/h4-13,17H,3H2,1-2H3. The van der Waals surface area contributed by atoms with Crippen LogP contribution in [0.1, 0.15) is 12.5 Å². The van der Waals surface area contributed by atoms with Gasteiger partial charge in [-0.05, 0) is 19.1 Å². The Morgan fingerprint density at radius 1 is 1.00 bits per heavy atom. The molecule has 21 heavy (non-hydrogen) atoms. The molecule has 0 saturated heterocycles. The van der Waals surface area contributed by atoms with Crippen molar-refractivity contribution >= 4 is 11.5 Å². The maximum absolute atomic E-state index is 5.87. The van der Waals surface area contributed by atoms with Gasteiger partial charge in [0.15, 0.2) is 5.84 Å². The van der Waals surface area contributed by atoms with Gasteiger partial charge in [0.25, 0.3) is 0 Å². The summed E-state index contributed by atoms with van der Waals surface area (Å²) in [6.07, 6.45) is -0.215. The first-order valence-corrected chi connectivity index (χ1v) is 7.14. The van der Waals surface area contributed by atoms with Crippen LogP contribution in [0.4, 0.5) is 5.69 Å². The summed E-state index contributed by atoms with van der Waals surface area (Å²) >= 11 is 0. The van der Waals surface area contributed by atoms with E-state index in [0.29, 0.717) is 6.61 Å². The van der Waals surface area contributed by atoms with Gasteiger partial charge in [0.1, 0.15) is 0 Å². The third kappa shape index (κ3) is 2.62. The smallest absolute Gasteiger partial charge is 0.231 e. The normalized spacial score (nSPS) is 18.0. The SMILES string of the molecule is CCOC1N(C)C(c2ccccc2)=NN1c1ccccc1. The fraction of sp³-hybridized carbons (Fsp3) is 0.235. The van der Waals surface area contributed by atoms with Crippen LogP contribution < -0.4 is 5.01 Å². The number of hydrogen-bond acceptors (Lipinski definition) is 4. The summed E-state index contributed by atoms with van der Waals surface area (Å²) in [4.78, 5) is 2.06. The molecule has 0 aromatic heterocycles. The first kappa shape index (κ1) is 13.6. The second kappa shape index (κ2) is 5.97. The van der Waals surface area contributed by atoms with E-state index < -0.39 is 0 Å². The minimum atomic E-state index is -0.215. The van der Waals surface area contributed by atoms with Gasteiger partial charge in [-0.25, -0.2) is 5.01 Å². The van der Waals surface area contributed by atoms with Crippen LogP contribution >= 0.6 is 0 Å². The highest BCUT2D eigenvalue weighted by molar-refractivity contribution is 6.00. The van der Waals surface area contributed by atoms with Gasteiger partial charge < -0.3 is 9.64 Å². The lowest BCUT2D eigenvalue weighted by Gasteiger charge is -2.28. The number of rotatable bonds is 4. The van der Waals surface area contributed by atoms with Crippen LogP contribution in [0.25, 0.3) is 0 Å². The minimum absolute atomic E-state index is 0.215. The zero-order chi connectivity index (χ0) is 14.7. The molecule has 0 aliphatic carbocycles. The van der Waals surface area contributed by atoms with Gasteiger partial charge >= 0.3 is 0 Å². The summed E-state index contributed by atoms with van der Waals surface area (Å²) in [7, 11) is 2.01. The third-order valence-electron chi connectivity index (χ3n) is 3.45. The molecule has 0 spiro atoms. The highest BCUT2D eigenvalue weighted by atomic mass is 16.5. The van der Waals surface area contributed by atoms with Crippen molar-refractivity contribution in [2.75, 3.05) is 18.7 Å². The Labute approximate surface area is 125 Å². The number of hydrogen-bond donors (Lipinski definition) is 0. The Kier molecular flexibility index (Phi) is 3.88. The molecule has 2 aromatic rings. The van der Waals surface area contributed by atoms with E-state index >= 15 is 0 Å². The molecular formula is C17H19N3O. The van der Waals surface area contributed by atoms with Crippen molar-refractivity contribution in [3.05, 3.63) is 66.2 Å². The Morgan fingerprint density at radius 3 is 2.24 bits per heavy atom. The van der Waals surface area contributed by atoms with Crippen molar-refractivity contribution in [3.8, 4) is 0 Å². The maximum atomic E-state index is 5.87. The third-order valence-corrected chi connectivity index (χ3v) is 3.45. The van der Waals surface area contributed by atoms with E-state index in [1.807, 2.05) is 67.5 Å². The molecule has 108 valence electrons. The zero-order valence-electron chi connectivity index (χ0n) is 12.3. The van der Waals surface area contributed by atoms with E-state index in [-0.39, 0.29) is 6.35 Å². The Morgan fingerprint density at radius 2 is 1.62 bits per heavy atom. The molecule has 0 saturated carbocycles. The molecule has 0 amide bonds. The molecule has 0 fully saturated rings. The van der Waals surface area contributed by atoms with Crippen molar-refractivity contribution in [3.63, 3.8) is 0 Å². The maximum Gasteiger partial charge on any atom is 0.231 e. The van der Waals surface area contributed by atoms with E-state index in [1.165, 1.54) is 0 Å². The second-order valence-corrected chi connectivity index (χ2v) is 4.86. The lowest BCUT2D eigenvalue weighted by Crippen LogP contribution is -2.42. The number of amidine groups is 1. The average Bonchev–Trinajstić information content (AvgIpc) is 2.87. The first-order valence-electron chi connectivity index (χ1n) is 7.14.